The molecule has 0 radical (unpaired) electrons. The molecule has 8 nitrogen and oxygen atoms in total. The van der Waals surface area contributed by atoms with Crippen LogP contribution in [0.25, 0.3) is 11.0 Å². The summed E-state index contributed by atoms with van der Waals surface area (Å²) in [6, 6.07) is 12.6. The van der Waals surface area contributed by atoms with Gasteiger partial charge in [0.15, 0.2) is 0 Å². The average molecular weight is 473 g/mol. The summed E-state index contributed by atoms with van der Waals surface area (Å²) in [4.78, 5) is 41.4. The van der Waals surface area contributed by atoms with E-state index in [4.69, 9.17) is 0 Å². The second-order valence-corrected chi connectivity index (χ2v) is 8.60. The van der Waals surface area contributed by atoms with E-state index in [1.54, 1.807) is 24.5 Å². The Kier molecular flexibility index (Phi) is 6.13. The third-order valence-corrected chi connectivity index (χ3v) is 6.23. The highest BCUT2D eigenvalue weighted by Crippen LogP contribution is 2.26. The van der Waals surface area contributed by atoms with Gasteiger partial charge in [0.25, 0.3) is 5.91 Å². The molecular weight excluding hydrogens is 447 g/mol. The number of amides is 2. The van der Waals surface area contributed by atoms with E-state index in [9.17, 15) is 14.0 Å². The Morgan fingerprint density at radius 2 is 1.83 bits per heavy atom. The molecular formula is C26H25FN6O2. The molecule has 9 heteroatoms. The quantitative estimate of drug-likeness (QED) is 0.463. The van der Waals surface area contributed by atoms with Crippen LogP contribution in [0.4, 0.5) is 15.9 Å². The van der Waals surface area contributed by atoms with Crippen LogP contribution in [-0.2, 0) is 11.2 Å². The Bertz CT molecular complexity index is 1380. The van der Waals surface area contributed by atoms with E-state index in [0.717, 1.165) is 28.0 Å². The van der Waals surface area contributed by atoms with Crippen molar-refractivity contribution in [3.8, 4) is 0 Å². The molecule has 2 N–H and O–H groups in total. The van der Waals surface area contributed by atoms with Gasteiger partial charge in [0.05, 0.1) is 11.8 Å². The van der Waals surface area contributed by atoms with Crippen molar-refractivity contribution in [2.24, 2.45) is 0 Å². The molecule has 0 aliphatic carbocycles. The number of hydrogen-bond acceptors (Lipinski definition) is 5. The maximum atomic E-state index is 13.1. The molecule has 0 saturated carbocycles. The third-order valence-electron chi connectivity index (χ3n) is 6.23. The minimum Gasteiger partial charge on any atom is -0.352 e. The highest BCUT2D eigenvalue weighted by Gasteiger charge is 2.24. The number of benzene rings is 2. The van der Waals surface area contributed by atoms with E-state index in [0.29, 0.717) is 37.4 Å². The van der Waals surface area contributed by atoms with Gasteiger partial charge < -0.3 is 20.1 Å². The van der Waals surface area contributed by atoms with Gasteiger partial charge in [-0.05, 0) is 54.4 Å². The predicted octanol–water partition coefficient (Wildman–Crippen LogP) is 3.55. The molecule has 2 amide bonds. The van der Waals surface area contributed by atoms with Crippen molar-refractivity contribution >= 4 is 34.4 Å². The molecule has 5 rings (SSSR count). The average Bonchev–Trinajstić information content (AvgIpc) is 3.26. The number of piperazine rings is 1. The van der Waals surface area contributed by atoms with Crippen molar-refractivity contribution in [3.05, 3.63) is 83.6 Å². The van der Waals surface area contributed by atoms with E-state index in [1.165, 1.54) is 24.3 Å². The zero-order valence-corrected chi connectivity index (χ0v) is 19.3. The molecule has 0 spiro atoms. The fourth-order valence-electron chi connectivity index (χ4n) is 4.36. The lowest BCUT2D eigenvalue weighted by Crippen LogP contribution is -2.49. The van der Waals surface area contributed by atoms with Gasteiger partial charge in [-0.15, -0.1) is 0 Å². The minimum atomic E-state index is -0.396. The summed E-state index contributed by atoms with van der Waals surface area (Å²) in [6.07, 6.45) is 3.74. The third kappa shape index (κ3) is 4.84. The highest BCUT2D eigenvalue weighted by atomic mass is 19.1. The number of carbonyl (C=O) groups excluding carboxylic acids is 2. The molecule has 2 aromatic carbocycles. The SMILES string of the molecule is Cc1c[nH]c2ncnc(N3CCN(C(=O)Cc4cccc(NC(=O)c5ccc(F)cc5)c4)CC3)c12. The summed E-state index contributed by atoms with van der Waals surface area (Å²) in [6.45, 7) is 4.62. The Labute approximate surface area is 201 Å². The van der Waals surface area contributed by atoms with Crippen LogP contribution in [0.1, 0.15) is 21.5 Å². The van der Waals surface area contributed by atoms with Crippen LogP contribution >= 0.6 is 0 Å². The van der Waals surface area contributed by atoms with Gasteiger partial charge in [0.2, 0.25) is 5.91 Å². The van der Waals surface area contributed by atoms with Gasteiger partial charge in [-0.2, -0.15) is 0 Å². The number of nitrogens with zero attached hydrogens (tertiary/aromatic N) is 4. The Morgan fingerprint density at radius 1 is 1.06 bits per heavy atom. The summed E-state index contributed by atoms with van der Waals surface area (Å²) in [7, 11) is 0. The zero-order chi connectivity index (χ0) is 24.4. The van der Waals surface area contributed by atoms with E-state index in [2.05, 4.69) is 25.2 Å². The summed E-state index contributed by atoms with van der Waals surface area (Å²) >= 11 is 0. The van der Waals surface area contributed by atoms with Gasteiger partial charge in [-0.25, -0.2) is 14.4 Å². The van der Waals surface area contributed by atoms with E-state index >= 15 is 0 Å². The number of aromatic amines is 1. The van der Waals surface area contributed by atoms with Crippen LogP contribution < -0.4 is 10.2 Å². The molecule has 0 atom stereocenters. The van der Waals surface area contributed by atoms with E-state index in [1.807, 2.05) is 24.1 Å². The van der Waals surface area contributed by atoms with Crippen LogP contribution in [0.2, 0.25) is 0 Å². The van der Waals surface area contributed by atoms with Crippen molar-refractivity contribution in [1.29, 1.82) is 0 Å². The second-order valence-electron chi connectivity index (χ2n) is 8.60. The van der Waals surface area contributed by atoms with Crippen molar-refractivity contribution in [3.63, 3.8) is 0 Å². The Morgan fingerprint density at radius 3 is 2.60 bits per heavy atom. The first-order valence-electron chi connectivity index (χ1n) is 11.5. The number of H-pyrrole nitrogens is 1. The van der Waals surface area contributed by atoms with Gasteiger partial charge in [-0.1, -0.05) is 12.1 Å². The van der Waals surface area contributed by atoms with Crippen LogP contribution in [0, 0.1) is 12.7 Å². The number of nitrogens with one attached hydrogen (secondary N) is 2. The Balaban J connectivity index is 1.19. The number of carbonyl (C=O) groups is 2. The van der Waals surface area contributed by atoms with Crippen molar-refractivity contribution in [1.82, 2.24) is 19.9 Å². The zero-order valence-electron chi connectivity index (χ0n) is 19.3. The highest BCUT2D eigenvalue weighted by molar-refractivity contribution is 6.04. The number of aryl methyl sites for hydroxylation is 1. The molecule has 1 aliphatic rings. The number of halogens is 1. The predicted molar refractivity (Wildman–Crippen MR) is 132 cm³/mol. The summed E-state index contributed by atoms with van der Waals surface area (Å²) in [5.74, 6) is 0.205. The van der Waals surface area contributed by atoms with Gasteiger partial charge in [0, 0.05) is 43.6 Å². The van der Waals surface area contributed by atoms with Gasteiger partial charge in [0.1, 0.15) is 23.6 Å². The first-order chi connectivity index (χ1) is 17.0. The first kappa shape index (κ1) is 22.5. The molecule has 1 saturated heterocycles. The largest absolute Gasteiger partial charge is 0.352 e. The van der Waals surface area contributed by atoms with Crippen molar-refractivity contribution in [2.45, 2.75) is 13.3 Å². The summed E-state index contributed by atoms with van der Waals surface area (Å²) in [5.41, 5.74) is 3.68. The molecule has 1 fully saturated rings. The number of anilines is 2. The number of aromatic nitrogens is 3. The first-order valence-corrected chi connectivity index (χ1v) is 11.5. The molecule has 0 bridgehead atoms. The van der Waals surface area contributed by atoms with E-state index < -0.39 is 5.82 Å². The second kappa shape index (κ2) is 9.54. The lowest BCUT2D eigenvalue weighted by atomic mass is 10.1. The molecule has 178 valence electrons. The maximum Gasteiger partial charge on any atom is 0.255 e. The molecule has 1 aliphatic heterocycles. The van der Waals surface area contributed by atoms with Crippen molar-refractivity contribution < 1.29 is 14.0 Å². The summed E-state index contributed by atoms with van der Waals surface area (Å²) < 4.78 is 13.1. The van der Waals surface area contributed by atoms with Crippen molar-refractivity contribution in [2.75, 3.05) is 36.4 Å². The number of hydrogen-bond donors (Lipinski definition) is 2. The van der Waals surface area contributed by atoms with Crippen LogP contribution in [0.15, 0.2) is 61.1 Å². The number of rotatable bonds is 5. The Hall–Kier alpha value is -4.27. The molecule has 2 aromatic heterocycles. The molecule has 4 aromatic rings. The standard InChI is InChI=1S/C26H25FN6O2/c1-17-15-28-24-23(17)25(30-16-29-24)33-11-9-32(10-12-33)22(34)14-18-3-2-4-21(13-18)31-26(35)19-5-7-20(27)8-6-19/h2-8,13,15-16H,9-12,14H2,1H3,(H,31,35)(H,28,29,30). The van der Waals surface area contributed by atoms with Crippen LogP contribution in [-0.4, -0.2) is 57.8 Å². The smallest absolute Gasteiger partial charge is 0.255 e. The van der Waals surface area contributed by atoms with Crippen LogP contribution in [0.3, 0.4) is 0 Å². The lowest BCUT2D eigenvalue weighted by molar-refractivity contribution is -0.130. The molecule has 0 unspecified atom stereocenters. The topological polar surface area (TPSA) is 94.2 Å². The van der Waals surface area contributed by atoms with Gasteiger partial charge in [-0.3, -0.25) is 9.59 Å². The number of fused-ring (bicyclic) bond motifs is 1. The monoisotopic (exact) mass is 472 g/mol. The van der Waals surface area contributed by atoms with Gasteiger partial charge >= 0.3 is 0 Å². The van der Waals surface area contributed by atoms with Crippen LogP contribution in [0.5, 0.6) is 0 Å². The molecule has 35 heavy (non-hydrogen) atoms. The lowest BCUT2D eigenvalue weighted by Gasteiger charge is -2.35. The fraction of sp³-hybridized carbons (Fsp3) is 0.231. The fourth-order valence-corrected chi connectivity index (χ4v) is 4.36. The maximum absolute atomic E-state index is 13.1. The molecule has 3 heterocycles. The summed E-state index contributed by atoms with van der Waals surface area (Å²) in [5, 5.41) is 3.82. The minimum absolute atomic E-state index is 0.0392. The van der Waals surface area contributed by atoms with E-state index in [-0.39, 0.29) is 18.2 Å². The normalized spacial score (nSPS) is 13.8.